The van der Waals surface area contributed by atoms with E-state index in [2.05, 4.69) is 4.90 Å². The molecule has 1 saturated heterocycles. The molecule has 1 fully saturated rings. The topological polar surface area (TPSA) is 115 Å². The number of carbonyl (C=O) groups excluding carboxylic acids is 2. The predicted octanol–water partition coefficient (Wildman–Crippen LogP) is 0.0650. The number of amides is 2. The quantitative estimate of drug-likeness (QED) is 0.674. The molecule has 0 radical (unpaired) electrons. The molecule has 0 aromatic heterocycles. The van der Waals surface area contributed by atoms with E-state index in [1.807, 2.05) is 6.07 Å². The van der Waals surface area contributed by atoms with Gasteiger partial charge >= 0.3 is 0 Å². The van der Waals surface area contributed by atoms with Gasteiger partial charge in [0.25, 0.3) is 0 Å². The van der Waals surface area contributed by atoms with Gasteiger partial charge in [0.05, 0.1) is 5.92 Å². The van der Waals surface area contributed by atoms with Crippen molar-refractivity contribution in [3.8, 4) is 0 Å². The number of hydrogen-bond acceptors (Lipinski definition) is 4. The summed E-state index contributed by atoms with van der Waals surface area (Å²) < 4.78 is 0. The molecule has 2 rings (SSSR count). The van der Waals surface area contributed by atoms with Crippen molar-refractivity contribution in [3.63, 3.8) is 0 Å². The summed E-state index contributed by atoms with van der Waals surface area (Å²) in [4.78, 5) is 24.5. The third-order valence-electron chi connectivity index (χ3n) is 3.73. The van der Waals surface area contributed by atoms with Crippen molar-refractivity contribution in [1.82, 2.24) is 4.90 Å². The van der Waals surface area contributed by atoms with Crippen LogP contribution in [0.5, 0.6) is 0 Å². The number of carbonyl (C=O) groups is 2. The summed E-state index contributed by atoms with van der Waals surface area (Å²) in [6.07, 6.45) is 1.80. The zero-order chi connectivity index (χ0) is 14.7. The van der Waals surface area contributed by atoms with Gasteiger partial charge in [-0.3, -0.25) is 14.5 Å². The highest BCUT2D eigenvalue weighted by atomic mass is 16.1. The van der Waals surface area contributed by atoms with Crippen LogP contribution in [0.2, 0.25) is 0 Å². The van der Waals surface area contributed by atoms with Crippen molar-refractivity contribution in [1.29, 1.82) is 0 Å². The van der Waals surface area contributed by atoms with Crippen molar-refractivity contribution in [2.24, 2.45) is 17.4 Å². The van der Waals surface area contributed by atoms with E-state index in [1.165, 1.54) is 0 Å². The summed E-state index contributed by atoms with van der Waals surface area (Å²) in [7, 11) is 0. The lowest BCUT2D eigenvalue weighted by Crippen LogP contribution is -2.40. The van der Waals surface area contributed by atoms with Gasteiger partial charge in [-0.25, -0.2) is 0 Å². The molecule has 0 bridgehead atoms. The van der Waals surface area contributed by atoms with Crippen LogP contribution in [0, 0.1) is 5.92 Å². The molecule has 6 heteroatoms. The molecule has 1 unspecified atom stereocenters. The summed E-state index contributed by atoms with van der Waals surface area (Å²) in [5.74, 6) is -0.823. The lowest BCUT2D eigenvalue weighted by Gasteiger charge is -2.31. The van der Waals surface area contributed by atoms with Gasteiger partial charge in [-0.05, 0) is 37.1 Å². The molecule has 1 aliphatic heterocycles. The van der Waals surface area contributed by atoms with E-state index in [1.54, 1.807) is 12.1 Å². The highest BCUT2D eigenvalue weighted by Crippen LogP contribution is 2.21. The Morgan fingerprint density at radius 1 is 1.30 bits per heavy atom. The van der Waals surface area contributed by atoms with E-state index >= 15 is 0 Å². The average molecular weight is 276 g/mol. The zero-order valence-corrected chi connectivity index (χ0v) is 11.3. The maximum atomic E-state index is 11.3. The molecule has 1 heterocycles. The molecule has 20 heavy (non-hydrogen) atoms. The standard InChI is InChI=1S/C14H20N4O2/c15-12-6-9(13(16)19)3-4-10(12)7-18-5-1-2-11(8-18)14(17)20/h3-4,6,11H,1-2,5,7-8,15H2,(H2,16,19)(H2,17,20). The summed E-state index contributed by atoms with van der Waals surface area (Å²) in [6.45, 7) is 2.22. The number of anilines is 1. The Labute approximate surface area is 117 Å². The molecule has 2 amide bonds. The Kier molecular flexibility index (Phi) is 4.24. The molecule has 1 aromatic rings. The van der Waals surface area contributed by atoms with Crippen LogP contribution in [0.25, 0.3) is 0 Å². The average Bonchev–Trinajstić information content (AvgIpc) is 2.41. The van der Waals surface area contributed by atoms with Crippen LogP contribution in [0.1, 0.15) is 28.8 Å². The van der Waals surface area contributed by atoms with Crippen molar-refractivity contribution in [3.05, 3.63) is 29.3 Å². The van der Waals surface area contributed by atoms with E-state index < -0.39 is 5.91 Å². The fourth-order valence-electron chi connectivity index (χ4n) is 2.56. The van der Waals surface area contributed by atoms with Crippen molar-refractivity contribution >= 4 is 17.5 Å². The number of nitrogens with zero attached hydrogens (tertiary/aromatic N) is 1. The first-order valence-electron chi connectivity index (χ1n) is 6.67. The fourth-order valence-corrected chi connectivity index (χ4v) is 2.56. The van der Waals surface area contributed by atoms with Crippen LogP contribution in [-0.4, -0.2) is 29.8 Å². The van der Waals surface area contributed by atoms with Gasteiger partial charge in [-0.2, -0.15) is 0 Å². The van der Waals surface area contributed by atoms with E-state index in [0.29, 0.717) is 24.3 Å². The molecule has 1 aromatic carbocycles. The van der Waals surface area contributed by atoms with Crippen LogP contribution in [0.15, 0.2) is 18.2 Å². The van der Waals surface area contributed by atoms with Gasteiger partial charge in [-0.15, -0.1) is 0 Å². The highest BCUT2D eigenvalue weighted by Gasteiger charge is 2.24. The number of nitrogen functional groups attached to an aromatic ring is 1. The monoisotopic (exact) mass is 276 g/mol. The van der Waals surface area contributed by atoms with E-state index in [-0.39, 0.29) is 11.8 Å². The Morgan fingerprint density at radius 3 is 2.65 bits per heavy atom. The summed E-state index contributed by atoms with van der Waals surface area (Å²) >= 11 is 0. The Bertz CT molecular complexity index is 530. The largest absolute Gasteiger partial charge is 0.398 e. The molecule has 0 spiro atoms. The number of primary amides is 2. The third kappa shape index (κ3) is 3.27. The molecule has 6 N–H and O–H groups in total. The second-order valence-corrected chi connectivity index (χ2v) is 5.25. The summed E-state index contributed by atoms with van der Waals surface area (Å²) in [5.41, 5.74) is 18.4. The fraction of sp³-hybridized carbons (Fsp3) is 0.429. The minimum absolute atomic E-state index is 0.0881. The van der Waals surface area contributed by atoms with E-state index in [4.69, 9.17) is 17.2 Å². The van der Waals surface area contributed by atoms with Crippen molar-refractivity contribution in [2.45, 2.75) is 19.4 Å². The predicted molar refractivity (Wildman–Crippen MR) is 76.6 cm³/mol. The van der Waals surface area contributed by atoms with Gasteiger partial charge in [0.2, 0.25) is 11.8 Å². The normalized spacial score (nSPS) is 19.7. The van der Waals surface area contributed by atoms with Gasteiger partial charge in [0.1, 0.15) is 0 Å². The molecule has 1 atom stereocenters. The Balaban J connectivity index is 2.06. The zero-order valence-electron chi connectivity index (χ0n) is 11.3. The molecule has 108 valence electrons. The number of nitrogens with two attached hydrogens (primary N) is 3. The first-order chi connectivity index (χ1) is 9.47. The summed E-state index contributed by atoms with van der Waals surface area (Å²) in [5, 5.41) is 0. The molecule has 1 aliphatic rings. The Hall–Kier alpha value is -2.08. The van der Waals surface area contributed by atoms with Gasteiger partial charge in [-0.1, -0.05) is 6.07 Å². The lowest BCUT2D eigenvalue weighted by atomic mass is 9.97. The minimum Gasteiger partial charge on any atom is -0.398 e. The highest BCUT2D eigenvalue weighted by molar-refractivity contribution is 5.93. The number of likely N-dealkylation sites (tertiary alicyclic amines) is 1. The number of hydrogen-bond donors (Lipinski definition) is 3. The maximum absolute atomic E-state index is 11.3. The second-order valence-electron chi connectivity index (χ2n) is 5.25. The first-order valence-corrected chi connectivity index (χ1v) is 6.67. The van der Waals surface area contributed by atoms with Crippen LogP contribution in [-0.2, 0) is 11.3 Å². The number of piperidine rings is 1. The molecular formula is C14H20N4O2. The molecular weight excluding hydrogens is 256 g/mol. The first kappa shape index (κ1) is 14.3. The van der Waals surface area contributed by atoms with E-state index in [9.17, 15) is 9.59 Å². The SMILES string of the molecule is NC(=O)c1ccc(CN2CCCC(C(N)=O)C2)c(N)c1. The lowest BCUT2D eigenvalue weighted by molar-refractivity contribution is -0.123. The van der Waals surface area contributed by atoms with Crippen LogP contribution in [0.3, 0.4) is 0 Å². The molecule has 0 aliphatic carbocycles. The van der Waals surface area contributed by atoms with Crippen molar-refractivity contribution < 1.29 is 9.59 Å². The number of benzene rings is 1. The van der Waals surface area contributed by atoms with Crippen LogP contribution >= 0.6 is 0 Å². The van der Waals surface area contributed by atoms with Crippen LogP contribution in [0.4, 0.5) is 5.69 Å². The van der Waals surface area contributed by atoms with Gasteiger partial charge in [0, 0.05) is 24.3 Å². The molecule has 0 saturated carbocycles. The van der Waals surface area contributed by atoms with E-state index in [0.717, 1.165) is 24.9 Å². The molecule has 6 nitrogen and oxygen atoms in total. The number of rotatable bonds is 4. The van der Waals surface area contributed by atoms with Crippen LogP contribution < -0.4 is 17.2 Å². The minimum atomic E-state index is -0.491. The third-order valence-corrected chi connectivity index (χ3v) is 3.73. The maximum Gasteiger partial charge on any atom is 0.248 e. The smallest absolute Gasteiger partial charge is 0.248 e. The summed E-state index contributed by atoms with van der Waals surface area (Å²) in [6, 6.07) is 5.07. The van der Waals surface area contributed by atoms with Gasteiger partial charge < -0.3 is 17.2 Å². The Morgan fingerprint density at radius 2 is 2.05 bits per heavy atom. The van der Waals surface area contributed by atoms with Crippen molar-refractivity contribution in [2.75, 3.05) is 18.8 Å². The second kappa shape index (κ2) is 5.92. The van der Waals surface area contributed by atoms with Gasteiger partial charge in [0.15, 0.2) is 0 Å².